The van der Waals surface area contributed by atoms with Crippen LogP contribution in [0.3, 0.4) is 0 Å². The predicted octanol–water partition coefficient (Wildman–Crippen LogP) is 0.579. The lowest BCUT2D eigenvalue weighted by Crippen LogP contribution is -2.36. The first-order chi connectivity index (χ1) is 9.52. The molecule has 1 aromatic carbocycles. The number of nitrogens with zero attached hydrogens (tertiary/aromatic N) is 1. The Bertz CT molecular complexity index is 462. The fourth-order valence-electron chi connectivity index (χ4n) is 1.76. The lowest BCUT2D eigenvalue weighted by atomic mass is 10.1. The zero-order valence-corrected chi connectivity index (χ0v) is 11.8. The highest BCUT2D eigenvalue weighted by atomic mass is 16.5. The molecule has 1 rings (SSSR count). The predicted molar refractivity (Wildman–Crippen MR) is 74.6 cm³/mol. The third kappa shape index (κ3) is 5.81. The molecule has 0 saturated carbocycles. The van der Waals surface area contributed by atoms with Crippen LogP contribution < -0.4 is 5.32 Å². The highest BCUT2D eigenvalue weighted by Gasteiger charge is 2.08. The van der Waals surface area contributed by atoms with Crippen LogP contribution >= 0.6 is 0 Å². The van der Waals surface area contributed by atoms with Gasteiger partial charge in [-0.3, -0.25) is 9.69 Å². The first-order valence-corrected chi connectivity index (χ1v) is 6.29. The summed E-state index contributed by atoms with van der Waals surface area (Å²) < 4.78 is 4.84. The Morgan fingerprint density at radius 1 is 1.40 bits per heavy atom. The van der Waals surface area contributed by atoms with E-state index in [1.807, 2.05) is 18.0 Å². The summed E-state index contributed by atoms with van der Waals surface area (Å²) in [5, 5.41) is 11.6. The molecule has 0 aromatic heterocycles. The molecule has 0 saturated heterocycles. The van der Waals surface area contributed by atoms with E-state index in [0.717, 1.165) is 5.56 Å². The second-order valence-corrected chi connectivity index (χ2v) is 4.52. The van der Waals surface area contributed by atoms with Gasteiger partial charge < -0.3 is 15.2 Å². The van der Waals surface area contributed by atoms with E-state index < -0.39 is 5.97 Å². The van der Waals surface area contributed by atoms with Crippen molar-refractivity contribution >= 4 is 11.9 Å². The number of ether oxygens (including phenoxy) is 1. The van der Waals surface area contributed by atoms with Gasteiger partial charge in [-0.05, 0) is 24.7 Å². The number of rotatable bonds is 8. The number of aromatic carboxylic acids is 1. The first-order valence-electron chi connectivity index (χ1n) is 6.29. The molecule has 1 amide bonds. The molecule has 6 nitrogen and oxygen atoms in total. The van der Waals surface area contributed by atoms with Crippen molar-refractivity contribution in [2.24, 2.45) is 0 Å². The number of carbonyl (C=O) groups is 2. The van der Waals surface area contributed by atoms with Crippen LogP contribution in [0.2, 0.25) is 0 Å². The normalized spacial score (nSPS) is 10.6. The number of amides is 1. The van der Waals surface area contributed by atoms with E-state index in [-0.39, 0.29) is 18.0 Å². The molecule has 6 heteroatoms. The Kier molecular flexibility index (Phi) is 6.69. The monoisotopic (exact) mass is 280 g/mol. The fraction of sp³-hybridized carbons (Fsp3) is 0.429. The minimum absolute atomic E-state index is 0.0843. The van der Waals surface area contributed by atoms with Gasteiger partial charge in [0.15, 0.2) is 0 Å². The van der Waals surface area contributed by atoms with Gasteiger partial charge in [-0.1, -0.05) is 12.1 Å². The number of carbonyl (C=O) groups excluding carboxylic acids is 1. The lowest BCUT2D eigenvalue weighted by Gasteiger charge is -2.16. The third-order valence-corrected chi connectivity index (χ3v) is 2.67. The molecule has 0 bridgehead atoms. The van der Waals surface area contributed by atoms with Crippen LogP contribution in [-0.4, -0.2) is 55.7 Å². The van der Waals surface area contributed by atoms with Crippen molar-refractivity contribution < 1.29 is 19.4 Å². The highest BCUT2D eigenvalue weighted by molar-refractivity contribution is 5.87. The molecule has 1 aromatic rings. The van der Waals surface area contributed by atoms with Gasteiger partial charge >= 0.3 is 5.97 Å². The zero-order chi connectivity index (χ0) is 15.0. The number of methoxy groups -OCH3 is 1. The summed E-state index contributed by atoms with van der Waals surface area (Å²) in [6.07, 6.45) is 0. The van der Waals surface area contributed by atoms with Crippen molar-refractivity contribution in [3.8, 4) is 0 Å². The molecule has 0 aliphatic carbocycles. The van der Waals surface area contributed by atoms with Crippen LogP contribution in [0.25, 0.3) is 0 Å². The van der Waals surface area contributed by atoms with Gasteiger partial charge in [-0.15, -0.1) is 0 Å². The molecule has 0 aliphatic rings. The number of nitrogens with one attached hydrogen (secondary N) is 1. The van der Waals surface area contributed by atoms with Crippen molar-refractivity contribution in [2.45, 2.75) is 6.54 Å². The maximum atomic E-state index is 11.6. The first kappa shape index (κ1) is 16.1. The summed E-state index contributed by atoms with van der Waals surface area (Å²) in [4.78, 5) is 24.3. The van der Waals surface area contributed by atoms with E-state index in [4.69, 9.17) is 9.84 Å². The van der Waals surface area contributed by atoms with Crippen molar-refractivity contribution in [3.05, 3.63) is 35.4 Å². The van der Waals surface area contributed by atoms with Gasteiger partial charge in [0.05, 0.1) is 18.7 Å². The quantitative estimate of drug-likeness (QED) is 0.681. The summed E-state index contributed by atoms with van der Waals surface area (Å²) in [6.45, 7) is 1.73. The highest BCUT2D eigenvalue weighted by Crippen LogP contribution is 2.07. The number of carboxylic acids is 1. The molecular weight excluding hydrogens is 260 g/mol. The van der Waals surface area contributed by atoms with Crippen molar-refractivity contribution in [3.63, 3.8) is 0 Å². The van der Waals surface area contributed by atoms with E-state index in [1.165, 1.54) is 0 Å². The van der Waals surface area contributed by atoms with Gasteiger partial charge in [-0.2, -0.15) is 0 Å². The molecule has 0 aliphatic heterocycles. The Balaban J connectivity index is 2.45. The number of benzene rings is 1. The summed E-state index contributed by atoms with van der Waals surface area (Å²) in [5.74, 6) is -1.04. The number of carboxylic acid groups (broad SMARTS) is 1. The molecule has 0 radical (unpaired) electrons. The molecular formula is C14H20N2O4. The third-order valence-electron chi connectivity index (χ3n) is 2.67. The minimum Gasteiger partial charge on any atom is -0.478 e. The minimum atomic E-state index is -0.952. The van der Waals surface area contributed by atoms with E-state index in [1.54, 1.807) is 25.3 Å². The second kappa shape index (κ2) is 8.29. The van der Waals surface area contributed by atoms with Gasteiger partial charge in [0, 0.05) is 20.2 Å². The summed E-state index contributed by atoms with van der Waals surface area (Å²) in [7, 11) is 3.39. The standard InChI is InChI=1S/C14H20N2O4/c1-16(10-13(17)15-6-7-20-2)9-11-4-3-5-12(8-11)14(18)19/h3-5,8H,6-7,9-10H2,1-2H3,(H,15,17)(H,18,19). The molecule has 0 fully saturated rings. The molecule has 0 heterocycles. The number of hydrogen-bond acceptors (Lipinski definition) is 4. The number of hydrogen-bond donors (Lipinski definition) is 2. The lowest BCUT2D eigenvalue weighted by molar-refractivity contribution is -0.122. The molecule has 0 unspecified atom stereocenters. The van der Waals surface area contributed by atoms with E-state index in [0.29, 0.717) is 19.7 Å². The Morgan fingerprint density at radius 2 is 2.15 bits per heavy atom. The maximum Gasteiger partial charge on any atom is 0.335 e. The average molecular weight is 280 g/mol. The van der Waals surface area contributed by atoms with E-state index in [9.17, 15) is 9.59 Å². The number of likely N-dealkylation sites (N-methyl/N-ethyl adjacent to an activating group) is 1. The second-order valence-electron chi connectivity index (χ2n) is 4.52. The summed E-state index contributed by atoms with van der Waals surface area (Å²) in [5.41, 5.74) is 1.11. The smallest absolute Gasteiger partial charge is 0.335 e. The molecule has 110 valence electrons. The molecule has 0 atom stereocenters. The van der Waals surface area contributed by atoms with Crippen LogP contribution in [0, 0.1) is 0 Å². The average Bonchev–Trinajstić information content (AvgIpc) is 2.39. The topological polar surface area (TPSA) is 78.9 Å². The maximum absolute atomic E-state index is 11.6. The van der Waals surface area contributed by atoms with Crippen molar-refractivity contribution in [2.75, 3.05) is 33.9 Å². The van der Waals surface area contributed by atoms with Gasteiger partial charge in [0.25, 0.3) is 0 Å². The van der Waals surface area contributed by atoms with E-state index >= 15 is 0 Å². The Hall–Kier alpha value is -1.92. The van der Waals surface area contributed by atoms with Gasteiger partial charge in [-0.25, -0.2) is 4.79 Å². The van der Waals surface area contributed by atoms with Crippen LogP contribution in [0.1, 0.15) is 15.9 Å². The largest absolute Gasteiger partial charge is 0.478 e. The van der Waals surface area contributed by atoms with Crippen LogP contribution in [0.5, 0.6) is 0 Å². The zero-order valence-electron chi connectivity index (χ0n) is 11.8. The van der Waals surface area contributed by atoms with Crippen LogP contribution in [-0.2, 0) is 16.1 Å². The van der Waals surface area contributed by atoms with Crippen molar-refractivity contribution in [1.82, 2.24) is 10.2 Å². The van der Waals surface area contributed by atoms with E-state index in [2.05, 4.69) is 5.32 Å². The van der Waals surface area contributed by atoms with Crippen LogP contribution in [0.15, 0.2) is 24.3 Å². The van der Waals surface area contributed by atoms with Crippen LogP contribution in [0.4, 0.5) is 0 Å². The summed E-state index contributed by atoms with van der Waals surface area (Å²) >= 11 is 0. The Morgan fingerprint density at radius 3 is 2.80 bits per heavy atom. The van der Waals surface area contributed by atoms with Gasteiger partial charge in [0.2, 0.25) is 5.91 Å². The summed E-state index contributed by atoms with van der Waals surface area (Å²) in [6, 6.07) is 6.70. The van der Waals surface area contributed by atoms with Crippen molar-refractivity contribution in [1.29, 1.82) is 0 Å². The fourth-order valence-corrected chi connectivity index (χ4v) is 1.76. The Labute approximate surface area is 118 Å². The molecule has 2 N–H and O–H groups in total. The van der Waals surface area contributed by atoms with Gasteiger partial charge in [0.1, 0.15) is 0 Å². The molecule has 20 heavy (non-hydrogen) atoms. The SMILES string of the molecule is COCCNC(=O)CN(C)Cc1cccc(C(=O)O)c1. The molecule has 0 spiro atoms.